The van der Waals surface area contributed by atoms with Crippen LogP contribution in [-0.2, 0) is 9.59 Å². The zero-order valence-corrected chi connectivity index (χ0v) is 7.84. The van der Waals surface area contributed by atoms with Crippen LogP contribution in [0.2, 0.25) is 0 Å². The monoisotopic (exact) mass is 170 g/mol. The molecule has 2 N–H and O–H groups in total. The molecule has 2 amide bonds. The van der Waals surface area contributed by atoms with E-state index >= 15 is 0 Å². The lowest BCUT2D eigenvalue weighted by Crippen LogP contribution is -2.27. The Kier molecular flexibility index (Phi) is 3.47. The first-order valence-corrected chi connectivity index (χ1v) is 3.84. The van der Waals surface area contributed by atoms with Crippen molar-refractivity contribution in [2.45, 2.75) is 20.8 Å². The number of amides is 2. The van der Waals surface area contributed by atoms with Crippen molar-refractivity contribution >= 4 is 11.8 Å². The van der Waals surface area contributed by atoms with E-state index in [9.17, 15) is 9.59 Å². The van der Waals surface area contributed by atoms with Crippen LogP contribution >= 0.6 is 0 Å². The van der Waals surface area contributed by atoms with Crippen LogP contribution in [0.1, 0.15) is 20.8 Å². The number of carbonyl (C=O) groups is 2. The highest BCUT2D eigenvalue weighted by atomic mass is 16.2. The molecule has 12 heavy (non-hydrogen) atoms. The molecular formula is C8H14N2O2. The maximum Gasteiger partial charge on any atom is 0.276 e. The number of imide groups is 1. The fourth-order valence-electron chi connectivity index (χ4n) is 0.800. The molecule has 4 heteroatoms. The van der Waals surface area contributed by atoms with Crippen LogP contribution in [-0.4, -0.2) is 23.8 Å². The molecular weight excluding hydrogens is 156 g/mol. The van der Waals surface area contributed by atoms with Gasteiger partial charge in [0.25, 0.3) is 11.8 Å². The fraction of sp³-hybridized carbons (Fsp3) is 0.500. The Bertz CT molecular complexity index is 219. The van der Waals surface area contributed by atoms with Gasteiger partial charge in [0, 0.05) is 12.6 Å². The number of nitrogens with zero attached hydrogens (tertiary/aromatic N) is 1. The molecule has 0 aromatic rings. The molecule has 0 fully saturated rings. The average molecular weight is 170 g/mol. The number of rotatable bonds is 0. The molecule has 0 atom stereocenters. The summed E-state index contributed by atoms with van der Waals surface area (Å²) in [6.07, 6.45) is 0. The van der Waals surface area contributed by atoms with Crippen LogP contribution in [0.25, 0.3) is 0 Å². The second-order valence-corrected chi connectivity index (χ2v) is 2.21. The van der Waals surface area contributed by atoms with E-state index in [1.54, 1.807) is 6.92 Å². The lowest BCUT2D eigenvalue weighted by molar-refractivity contribution is -0.135. The van der Waals surface area contributed by atoms with Crippen LogP contribution in [0, 0.1) is 0 Å². The summed E-state index contributed by atoms with van der Waals surface area (Å²) in [5.41, 5.74) is 5.67. The van der Waals surface area contributed by atoms with Crippen molar-refractivity contribution in [3.05, 3.63) is 11.3 Å². The molecule has 1 heterocycles. The Labute approximate surface area is 72.0 Å². The van der Waals surface area contributed by atoms with Crippen LogP contribution in [0.5, 0.6) is 0 Å². The van der Waals surface area contributed by atoms with E-state index in [-0.39, 0.29) is 11.6 Å². The van der Waals surface area contributed by atoms with Gasteiger partial charge in [0.05, 0.1) is 0 Å². The molecule has 1 rings (SSSR count). The van der Waals surface area contributed by atoms with Gasteiger partial charge in [0.1, 0.15) is 5.70 Å². The molecule has 1 aliphatic heterocycles. The van der Waals surface area contributed by atoms with Gasteiger partial charge in [0.2, 0.25) is 0 Å². The largest absolute Gasteiger partial charge is 0.394 e. The molecule has 68 valence electrons. The van der Waals surface area contributed by atoms with E-state index in [4.69, 9.17) is 5.73 Å². The van der Waals surface area contributed by atoms with E-state index in [1.807, 2.05) is 13.8 Å². The molecule has 0 aromatic carbocycles. The number of likely N-dealkylation sites (N-methyl/N-ethyl adjacent to an activating group) is 1. The maximum atomic E-state index is 10.9. The summed E-state index contributed by atoms with van der Waals surface area (Å²) in [7, 11) is 1.41. The minimum atomic E-state index is -0.400. The Balaban J connectivity index is 0.000000561. The first kappa shape index (κ1) is 10.7. The second kappa shape index (κ2) is 3.90. The number of carbonyl (C=O) groups excluding carboxylic acids is 2. The Hall–Kier alpha value is -1.32. The topological polar surface area (TPSA) is 63.4 Å². The van der Waals surface area contributed by atoms with Gasteiger partial charge < -0.3 is 5.73 Å². The molecule has 0 unspecified atom stereocenters. The number of hydrogen-bond acceptors (Lipinski definition) is 3. The minimum absolute atomic E-state index is 0.0625. The SMILES string of the molecule is CC.CC1=C(N)C(=O)N(C)C1=O. The molecule has 0 bridgehead atoms. The lowest BCUT2D eigenvalue weighted by atomic mass is 10.3. The van der Waals surface area contributed by atoms with E-state index in [1.165, 1.54) is 7.05 Å². The molecule has 0 aliphatic carbocycles. The summed E-state index contributed by atoms with van der Waals surface area (Å²) in [5, 5.41) is 0. The molecule has 0 aromatic heterocycles. The summed E-state index contributed by atoms with van der Waals surface area (Å²) >= 11 is 0. The van der Waals surface area contributed by atoms with Gasteiger partial charge in [-0.25, -0.2) is 0 Å². The standard InChI is InChI=1S/C6H8N2O2.C2H6/c1-3-4(7)6(10)8(2)5(3)9;1-2/h7H2,1-2H3;1-2H3. The van der Waals surface area contributed by atoms with Crippen molar-refractivity contribution < 1.29 is 9.59 Å². The highest BCUT2D eigenvalue weighted by molar-refractivity contribution is 6.18. The van der Waals surface area contributed by atoms with Gasteiger partial charge in [-0.2, -0.15) is 0 Å². The normalized spacial score (nSPS) is 16.5. The summed E-state index contributed by atoms with van der Waals surface area (Å²) in [4.78, 5) is 22.7. The molecule has 1 aliphatic rings. The van der Waals surface area contributed by atoms with Gasteiger partial charge in [-0.05, 0) is 6.92 Å². The zero-order chi connectivity index (χ0) is 9.89. The van der Waals surface area contributed by atoms with Crippen LogP contribution in [0.4, 0.5) is 0 Å². The van der Waals surface area contributed by atoms with Crippen molar-refractivity contribution in [1.29, 1.82) is 0 Å². The Morgan fingerprint density at radius 3 is 1.67 bits per heavy atom. The van der Waals surface area contributed by atoms with Crippen molar-refractivity contribution in [1.82, 2.24) is 4.90 Å². The van der Waals surface area contributed by atoms with Crippen LogP contribution in [0.3, 0.4) is 0 Å². The first-order valence-electron chi connectivity index (χ1n) is 3.84. The van der Waals surface area contributed by atoms with Crippen molar-refractivity contribution in [2.24, 2.45) is 5.73 Å². The number of hydrogen-bond donors (Lipinski definition) is 1. The van der Waals surface area contributed by atoms with Crippen molar-refractivity contribution in [3.8, 4) is 0 Å². The summed E-state index contributed by atoms with van der Waals surface area (Å²) in [6.45, 7) is 5.54. The van der Waals surface area contributed by atoms with Crippen molar-refractivity contribution in [3.63, 3.8) is 0 Å². The van der Waals surface area contributed by atoms with Gasteiger partial charge in [-0.15, -0.1) is 0 Å². The van der Waals surface area contributed by atoms with E-state index in [0.717, 1.165) is 4.90 Å². The van der Waals surface area contributed by atoms with Gasteiger partial charge >= 0.3 is 0 Å². The van der Waals surface area contributed by atoms with Gasteiger partial charge in [-0.1, -0.05) is 13.8 Å². The fourth-order valence-corrected chi connectivity index (χ4v) is 0.800. The summed E-state index contributed by atoms with van der Waals surface area (Å²) in [6, 6.07) is 0. The maximum absolute atomic E-state index is 10.9. The first-order chi connectivity index (χ1) is 5.55. The third-order valence-electron chi connectivity index (χ3n) is 1.56. The van der Waals surface area contributed by atoms with E-state index < -0.39 is 5.91 Å². The van der Waals surface area contributed by atoms with Crippen LogP contribution in [0.15, 0.2) is 11.3 Å². The van der Waals surface area contributed by atoms with Gasteiger partial charge in [0.15, 0.2) is 0 Å². The summed E-state index contributed by atoms with van der Waals surface area (Å²) < 4.78 is 0. The van der Waals surface area contributed by atoms with E-state index in [2.05, 4.69) is 0 Å². The molecule has 4 nitrogen and oxygen atoms in total. The van der Waals surface area contributed by atoms with E-state index in [0.29, 0.717) is 5.57 Å². The Morgan fingerprint density at radius 1 is 1.17 bits per heavy atom. The Morgan fingerprint density at radius 2 is 1.58 bits per heavy atom. The molecule has 0 spiro atoms. The third kappa shape index (κ3) is 1.47. The number of nitrogens with two attached hydrogens (primary N) is 1. The predicted molar refractivity (Wildman–Crippen MR) is 46.0 cm³/mol. The quantitative estimate of drug-likeness (QED) is 0.530. The van der Waals surface area contributed by atoms with Gasteiger partial charge in [-0.3, -0.25) is 14.5 Å². The second-order valence-electron chi connectivity index (χ2n) is 2.21. The smallest absolute Gasteiger partial charge is 0.276 e. The highest BCUT2D eigenvalue weighted by Crippen LogP contribution is 2.13. The predicted octanol–water partition coefficient (Wildman–Crippen LogP) is 0.244. The van der Waals surface area contributed by atoms with Crippen LogP contribution < -0.4 is 5.73 Å². The third-order valence-corrected chi connectivity index (χ3v) is 1.56. The molecule has 0 radical (unpaired) electrons. The zero-order valence-electron chi connectivity index (χ0n) is 7.84. The lowest BCUT2D eigenvalue weighted by Gasteiger charge is -2.03. The minimum Gasteiger partial charge on any atom is -0.394 e. The average Bonchev–Trinajstić information content (AvgIpc) is 2.27. The van der Waals surface area contributed by atoms with Crippen molar-refractivity contribution in [2.75, 3.05) is 7.05 Å². The molecule has 0 saturated heterocycles. The highest BCUT2D eigenvalue weighted by Gasteiger charge is 2.30. The summed E-state index contributed by atoms with van der Waals surface area (Å²) in [5.74, 6) is -0.704. The molecule has 0 saturated carbocycles.